The van der Waals surface area contributed by atoms with Crippen LogP contribution in [0.15, 0.2) is 58.3 Å². The van der Waals surface area contributed by atoms with Crippen molar-refractivity contribution in [3.05, 3.63) is 59.7 Å². The van der Waals surface area contributed by atoms with Crippen LogP contribution in [-0.2, 0) is 28.6 Å². The van der Waals surface area contributed by atoms with Crippen molar-refractivity contribution in [1.29, 1.82) is 0 Å². The summed E-state index contributed by atoms with van der Waals surface area (Å²) in [6.45, 7) is 5.61. The van der Waals surface area contributed by atoms with E-state index >= 15 is 0 Å². The molecule has 0 N–H and O–H groups in total. The van der Waals surface area contributed by atoms with Gasteiger partial charge >= 0.3 is 0 Å². The minimum Gasteiger partial charge on any atom is -0.263 e. The Bertz CT molecular complexity index is 1040. The third-order valence-electron chi connectivity index (χ3n) is 5.17. The van der Waals surface area contributed by atoms with Gasteiger partial charge in [-0.1, -0.05) is 42.3 Å². The molecule has 0 heterocycles. The molecule has 3 unspecified atom stereocenters. The molecule has 158 valence electrons. The van der Waals surface area contributed by atoms with Gasteiger partial charge in [-0.3, -0.25) is 8.37 Å². The zero-order chi connectivity index (χ0) is 21.2. The van der Waals surface area contributed by atoms with Crippen LogP contribution in [-0.4, -0.2) is 29.0 Å². The zero-order valence-corrected chi connectivity index (χ0v) is 18.4. The Labute approximate surface area is 173 Å². The van der Waals surface area contributed by atoms with Crippen LogP contribution in [0.2, 0.25) is 0 Å². The van der Waals surface area contributed by atoms with E-state index in [9.17, 15) is 16.8 Å². The van der Waals surface area contributed by atoms with Gasteiger partial charge in [0.15, 0.2) is 0 Å². The van der Waals surface area contributed by atoms with E-state index in [1.807, 2.05) is 20.8 Å². The van der Waals surface area contributed by atoms with E-state index < -0.39 is 32.4 Å². The second kappa shape index (κ2) is 8.55. The number of rotatable bonds is 6. The molecule has 1 fully saturated rings. The standard InChI is InChI=1S/C21H26O6S2/c1-15-4-9-19(10-5-15)28(22,23)26-18-8-13-21(17(3)14-18)27-29(24,25)20-11-6-16(2)7-12-20/h4-7,9-12,17-18,21H,8,13-14H2,1-3H3. The molecule has 8 heteroatoms. The van der Waals surface area contributed by atoms with Crippen LogP contribution in [0.5, 0.6) is 0 Å². The summed E-state index contributed by atoms with van der Waals surface area (Å²) < 4.78 is 60.9. The van der Waals surface area contributed by atoms with Gasteiger partial charge in [0.05, 0.1) is 22.0 Å². The van der Waals surface area contributed by atoms with E-state index in [1.54, 1.807) is 24.3 Å². The minimum atomic E-state index is -3.87. The lowest BCUT2D eigenvalue weighted by Gasteiger charge is -2.32. The molecule has 0 spiro atoms. The third-order valence-corrected chi connectivity index (χ3v) is 7.90. The van der Waals surface area contributed by atoms with E-state index in [1.165, 1.54) is 24.3 Å². The molecule has 0 radical (unpaired) electrons. The molecule has 1 aliphatic rings. The average Bonchev–Trinajstić information content (AvgIpc) is 2.64. The van der Waals surface area contributed by atoms with Crippen molar-refractivity contribution in [1.82, 2.24) is 0 Å². The fourth-order valence-electron chi connectivity index (χ4n) is 3.41. The number of hydrogen-bond donors (Lipinski definition) is 0. The summed E-state index contributed by atoms with van der Waals surface area (Å²) in [5.74, 6) is -0.165. The molecular weight excluding hydrogens is 412 g/mol. The van der Waals surface area contributed by atoms with E-state index in [0.29, 0.717) is 19.3 Å². The van der Waals surface area contributed by atoms with Crippen molar-refractivity contribution in [2.75, 3.05) is 0 Å². The first-order chi connectivity index (χ1) is 13.6. The minimum absolute atomic E-state index is 0.121. The SMILES string of the molecule is Cc1ccc(S(=O)(=O)OC2CCC(OS(=O)(=O)c3ccc(C)cc3)C(C)C2)cc1. The predicted octanol–water partition coefficient (Wildman–Crippen LogP) is 3.97. The first-order valence-electron chi connectivity index (χ1n) is 9.57. The summed E-state index contributed by atoms with van der Waals surface area (Å²) in [6, 6.07) is 13.0. The lowest BCUT2D eigenvalue weighted by molar-refractivity contribution is 0.0457. The fraction of sp³-hybridized carbons (Fsp3) is 0.429. The second-order valence-corrected chi connectivity index (χ2v) is 10.8. The van der Waals surface area contributed by atoms with Crippen molar-refractivity contribution in [3.8, 4) is 0 Å². The molecule has 0 amide bonds. The van der Waals surface area contributed by atoms with Crippen molar-refractivity contribution < 1.29 is 25.2 Å². The van der Waals surface area contributed by atoms with Crippen LogP contribution in [0.4, 0.5) is 0 Å². The third kappa shape index (κ3) is 5.45. The van der Waals surface area contributed by atoms with Gasteiger partial charge in [0.25, 0.3) is 20.2 Å². The summed E-state index contributed by atoms with van der Waals surface area (Å²) in [6.07, 6.45) is 0.199. The molecular formula is C21H26O6S2. The Morgan fingerprint density at radius 1 is 0.724 bits per heavy atom. The lowest BCUT2D eigenvalue weighted by Crippen LogP contribution is -2.35. The molecule has 1 saturated carbocycles. The lowest BCUT2D eigenvalue weighted by atomic mass is 9.86. The highest BCUT2D eigenvalue weighted by Crippen LogP contribution is 2.32. The van der Waals surface area contributed by atoms with Crippen molar-refractivity contribution in [2.45, 2.75) is 62.0 Å². The largest absolute Gasteiger partial charge is 0.297 e. The van der Waals surface area contributed by atoms with E-state index in [2.05, 4.69) is 0 Å². The number of benzene rings is 2. The van der Waals surface area contributed by atoms with Crippen LogP contribution in [0, 0.1) is 19.8 Å². The molecule has 3 atom stereocenters. The molecule has 6 nitrogen and oxygen atoms in total. The van der Waals surface area contributed by atoms with E-state index in [-0.39, 0.29) is 15.7 Å². The summed E-state index contributed by atoms with van der Waals surface area (Å²) in [5.41, 5.74) is 1.93. The Balaban J connectivity index is 1.63. The zero-order valence-electron chi connectivity index (χ0n) is 16.7. The number of aryl methyl sites for hydroxylation is 2. The molecule has 0 bridgehead atoms. The Morgan fingerprint density at radius 2 is 1.17 bits per heavy atom. The Hall–Kier alpha value is -1.74. The first kappa shape index (κ1) is 22.0. The maximum atomic E-state index is 12.5. The predicted molar refractivity (Wildman–Crippen MR) is 109 cm³/mol. The van der Waals surface area contributed by atoms with Crippen LogP contribution >= 0.6 is 0 Å². The molecule has 1 aliphatic carbocycles. The first-order valence-corrected chi connectivity index (χ1v) is 12.4. The van der Waals surface area contributed by atoms with Gasteiger partial charge in [-0.2, -0.15) is 16.8 Å². The van der Waals surface area contributed by atoms with Gasteiger partial charge in [-0.05, 0) is 63.3 Å². The average molecular weight is 439 g/mol. The van der Waals surface area contributed by atoms with Crippen LogP contribution < -0.4 is 0 Å². The topological polar surface area (TPSA) is 86.7 Å². The van der Waals surface area contributed by atoms with Gasteiger partial charge < -0.3 is 0 Å². The van der Waals surface area contributed by atoms with E-state index in [0.717, 1.165) is 11.1 Å². The molecule has 0 saturated heterocycles. The highest BCUT2D eigenvalue weighted by Gasteiger charge is 2.35. The van der Waals surface area contributed by atoms with Crippen molar-refractivity contribution in [2.24, 2.45) is 5.92 Å². The molecule has 2 aromatic carbocycles. The van der Waals surface area contributed by atoms with E-state index in [4.69, 9.17) is 8.37 Å². The summed E-state index contributed by atoms with van der Waals surface area (Å²) >= 11 is 0. The van der Waals surface area contributed by atoms with Crippen LogP contribution in [0.1, 0.15) is 37.3 Å². The van der Waals surface area contributed by atoms with Crippen molar-refractivity contribution in [3.63, 3.8) is 0 Å². The van der Waals surface area contributed by atoms with Crippen LogP contribution in [0.25, 0.3) is 0 Å². The van der Waals surface area contributed by atoms with Gasteiger partial charge in [0.2, 0.25) is 0 Å². The smallest absolute Gasteiger partial charge is 0.263 e. The van der Waals surface area contributed by atoms with Crippen LogP contribution in [0.3, 0.4) is 0 Å². The Kier molecular flexibility index (Phi) is 6.48. The summed E-state index contributed by atoms with van der Waals surface area (Å²) in [5, 5.41) is 0. The second-order valence-electron chi connectivity index (χ2n) is 7.68. The summed E-state index contributed by atoms with van der Waals surface area (Å²) in [4.78, 5) is 0.242. The maximum Gasteiger partial charge on any atom is 0.297 e. The molecule has 0 aromatic heterocycles. The number of hydrogen-bond acceptors (Lipinski definition) is 6. The van der Waals surface area contributed by atoms with Gasteiger partial charge in [0.1, 0.15) is 0 Å². The van der Waals surface area contributed by atoms with Crippen molar-refractivity contribution >= 4 is 20.2 Å². The quantitative estimate of drug-likeness (QED) is 0.634. The molecule has 2 aromatic rings. The molecule has 29 heavy (non-hydrogen) atoms. The van der Waals surface area contributed by atoms with Gasteiger partial charge in [-0.25, -0.2) is 0 Å². The molecule has 0 aliphatic heterocycles. The highest BCUT2D eigenvalue weighted by atomic mass is 32.2. The molecule has 3 rings (SSSR count). The van der Waals surface area contributed by atoms with Gasteiger partial charge in [0, 0.05) is 0 Å². The highest BCUT2D eigenvalue weighted by molar-refractivity contribution is 7.87. The maximum absolute atomic E-state index is 12.5. The monoisotopic (exact) mass is 438 g/mol. The summed E-state index contributed by atoms with van der Waals surface area (Å²) in [7, 11) is -7.73. The fourth-order valence-corrected chi connectivity index (χ4v) is 5.72. The normalized spacial score (nSPS) is 23.1. The Morgan fingerprint density at radius 3 is 1.62 bits per heavy atom. The van der Waals surface area contributed by atoms with Gasteiger partial charge in [-0.15, -0.1) is 0 Å².